The van der Waals surface area contributed by atoms with Gasteiger partial charge in [-0.25, -0.2) is 13.9 Å². The standard InChI is InChI=1S/C22H25FN6O2/c1-15-17(16(2)29-22(26-15)24-14-25-29)8-9-20(30)27-10-5-11-28(13-12-27)21(31)18-6-3-4-7-19(18)23/h3-4,6-7,14H,5,8-13H2,1-2H3. The maximum atomic E-state index is 14.0. The number of carbonyl (C=O) groups is 2. The van der Waals surface area contributed by atoms with Gasteiger partial charge in [-0.3, -0.25) is 9.59 Å². The number of hydrogen-bond acceptors (Lipinski definition) is 5. The van der Waals surface area contributed by atoms with E-state index in [9.17, 15) is 14.0 Å². The zero-order valence-corrected chi connectivity index (χ0v) is 17.7. The van der Waals surface area contributed by atoms with Crippen LogP contribution in [0.1, 0.15) is 40.2 Å². The van der Waals surface area contributed by atoms with Gasteiger partial charge in [-0.15, -0.1) is 0 Å². The Kier molecular flexibility index (Phi) is 5.92. The van der Waals surface area contributed by atoms with Crippen LogP contribution in [0.3, 0.4) is 0 Å². The highest BCUT2D eigenvalue weighted by atomic mass is 19.1. The van der Waals surface area contributed by atoms with Crippen molar-refractivity contribution in [1.29, 1.82) is 0 Å². The lowest BCUT2D eigenvalue weighted by molar-refractivity contribution is -0.131. The van der Waals surface area contributed by atoms with E-state index in [1.165, 1.54) is 18.5 Å². The molecule has 9 heteroatoms. The topological polar surface area (TPSA) is 83.7 Å². The molecular weight excluding hydrogens is 399 g/mol. The summed E-state index contributed by atoms with van der Waals surface area (Å²) >= 11 is 0. The van der Waals surface area contributed by atoms with Gasteiger partial charge in [-0.2, -0.15) is 10.1 Å². The highest BCUT2D eigenvalue weighted by molar-refractivity contribution is 5.94. The number of carbonyl (C=O) groups excluding carboxylic acids is 2. The molecule has 0 aliphatic carbocycles. The van der Waals surface area contributed by atoms with Crippen LogP contribution in [0.25, 0.3) is 5.78 Å². The van der Waals surface area contributed by atoms with Gasteiger partial charge >= 0.3 is 0 Å². The fourth-order valence-corrected chi connectivity index (χ4v) is 4.08. The Balaban J connectivity index is 1.38. The van der Waals surface area contributed by atoms with E-state index in [1.54, 1.807) is 26.4 Å². The molecule has 2 aromatic heterocycles. The van der Waals surface area contributed by atoms with Crippen LogP contribution >= 0.6 is 0 Å². The highest BCUT2D eigenvalue weighted by Gasteiger charge is 2.24. The summed E-state index contributed by atoms with van der Waals surface area (Å²) in [5.74, 6) is -0.255. The molecule has 0 saturated carbocycles. The lowest BCUT2D eigenvalue weighted by atomic mass is 10.1. The SMILES string of the molecule is Cc1nc2ncnn2c(C)c1CCC(=O)N1CCCN(C(=O)c2ccccc2F)CC1. The van der Waals surface area contributed by atoms with Crippen LogP contribution in [0.15, 0.2) is 30.6 Å². The average molecular weight is 424 g/mol. The summed E-state index contributed by atoms with van der Waals surface area (Å²) < 4.78 is 15.7. The molecule has 1 saturated heterocycles. The van der Waals surface area contributed by atoms with E-state index in [4.69, 9.17) is 0 Å². The van der Waals surface area contributed by atoms with Gasteiger partial charge in [-0.1, -0.05) is 12.1 Å². The van der Waals surface area contributed by atoms with Gasteiger partial charge in [0, 0.05) is 44.0 Å². The quantitative estimate of drug-likeness (QED) is 0.641. The van der Waals surface area contributed by atoms with Crippen LogP contribution < -0.4 is 0 Å². The minimum absolute atomic E-state index is 0.0395. The molecule has 0 spiro atoms. The van der Waals surface area contributed by atoms with Crippen LogP contribution in [0, 0.1) is 19.7 Å². The maximum absolute atomic E-state index is 14.0. The van der Waals surface area contributed by atoms with Gasteiger partial charge in [-0.05, 0) is 44.4 Å². The molecule has 0 bridgehead atoms. The second-order valence-corrected chi connectivity index (χ2v) is 7.74. The van der Waals surface area contributed by atoms with Crippen molar-refractivity contribution >= 4 is 17.6 Å². The smallest absolute Gasteiger partial charge is 0.256 e. The van der Waals surface area contributed by atoms with Crippen molar-refractivity contribution in [2.45, 2.75) is 33.1 Å². The molecule has 8 nitrogen and oxygen atoms in total. The molecule has 1 aliphatic heterocycles. The fraction of sp³-hybridized carbons (Fsp3) is 0.409. The predicted molar refractivity (Wildman–Crippen MR) is 112 cm³/mol. The number of halogens is 1. The van der Waals surface area contributed by atoms with E-state index in [0.29, 0.717) is 51.2 Å². The van der Waals surface area contributed by atoms with Crippen LogP contribution in [-0.4, -0.2) is 67.4 Å². The molecule has 3 heterocycles. The third-order valence-corrected chi connectivity index (χ3v) is 5.82. The molecule has 1 aromatic carbocycles. The largest absolute Gasteiger partial charge is 0.341 e. The minimum atomic E-state index is -0.520. The Morgan fingerprint density at radius 2 is 1.81 bits per heavy atom. The summed E-state index contributed by atoms with van der Waals surface area (Å²) in [5, 5.41) is 4.19. The van der Waals surface area contributed by atoms with Crippen molar-refractivity contribution < 1.29 is 14.0 Å². The number of aryl methyl sites for hydroxylation is 2. The van der Waals surface area contributed by atoms with E-state index in [0.717, 1.165) is 17.0 Å². The van der Waals surface area contributed by atoms with E-state index in [1.807, 2.05) is 13.8 Å². The minimum Gasteiger partial charge on any atom is -0.341 e. The van der Waals surface area contributed by atoms with E-state index >= 15 is 0 Å². The van der Waals surface area contributed by atoms with E-state index in [-0.39, 0.29) is 17.4 Å². The second kappa shape index (κ2) is 8.79. The Morgan fingerprint density at radius 1 is 1.06 bits per heavy atom. The van der Waals surface area contributed by atoms with Crippen molar-refractivity contribution in [2.24, 2.45) is 0 Å². The van der Waals surface area contributed by atoms with Crippen molar-refractivity contribution in [2.75, 3.05) is 26.2 Å². The predicted octanol–water partition coefficient (Wildman–Crippen LogP) is 2.19. The van der Waals surface area contributed by atoms with E-state index < -0.39 is 5.82 Å². The maximum Gasteiger partial charge on any atom is 0.256 e. The lowest BCUT2D eigenvalue weighted by Gasteiger charge is -2.22. The number of nitrogens with zero attached hydrogens (tertiary/aromatic N) is 6. The molecule has 1 fully saturated rings. The normalized spacial score (nSPS) is 14.7. The zero-order chi connectivity index (χ0) is 22.0. The molecule has 0 unspecified atom stereocenters. The summed E-state index contributed by atoms with van der Waals surface area (Å²) in [4.78, 5) is 37.5. The summed E-state index contributed by atoms with van der Waals surface area (Å²) in [5.41, 5.74) is 2.86. The second-order valence-electron chi connectivity index (χ2n) is 7.74. The van der Waals surface area contributed by atoms with Crippen molar-refractivity contribution in [3.63, 3.8) is 0 Å². The lowest BCUT2D eigenvalue weighted by Crippen LogP contribution is -2.37. The van der Waals surface area contributed by atoms with Gasteiger partial charge in [0.1, 0.15) is 12.1 Å². The molecule has 0 atom stereocenters. The molecule has 162 valence electrons. The first-order chi connectivity index (χ1) is 15.0. The van der Waals surface area contributed by atoms with Gasteiger partial charge < -0.3 is 9.80 Å². The Bertz CT molecular complexity index is 1130. The Labute approximate surface area is 179 Å². The summed E-state index contributed by atoms with van der Waals surface area (Å²) in [6.45, 7) is 5.79. The summed E-state index contributed by atoms with van der Waals surface area (Å²) in [7, 11) is 0. The summed E-state index contributed by atoms with van der Waals surface area (Å²) in [6, 6.07) is 6.00. The van der Waals surface area contributed by atoms with Gasteiger partial charge in [0.2, 0.25) is 5.91 Å². The highest BCUT2D eigenvalue weighted by Crippen LogP contribution is 2.17. The number of benzene rings is 1. The molecule has 4 rings (SSSR count). The van der Waals surface area contributed by atoms with Crippen LogP contribution in [0.5, 0.6) is 0 Å². The molecule has 0 N–H and O–H groups in total. The number of aromatic nitrogens is 4. The Morgan fingerprint density at radius 3 is 2.61 bits per heavy atom. The molecule has 0 radical (unpaired) electrons. The van der Waals surface area contributed by atoms with Crippen LogP contribution in [-0.2, 0) is 11.2 Å². The van der Waals surface area contributed by atoms with Crippen molar-refractivity contribution in [3.8, 4) is 0 Å². The molecule has 2 amide bonds. The third kappa shape index (κ3) is 4.26. The van der Waals surface area contributed by atoms with Crippen molar-refractivity contribution in [3.05, 3.63) is 58.9 Å². The number of hydrogen-bond donors (Lipinski definition) is 0. The van der Waals surface area contributed by atoms with Gasteiger partial charge in [0.05, 0.1) is 5.56 Å². The first-order valence-electron chi connectivity index (χ1n) is 10.4. The summed E-state index contributed by atoms with van der Waals surface area (Å²) in [6.07, 6.45) is 3.05. The van der Waals surface area contributed by atoms with Crippen LogP contribution in [0.4, 0.5) is 4.39 Å². The molecule has 3 aromatic rings. The average Bonchev–Trinajstić information content (AvgIpc) is 3.08. The van der Waals surface area contributed by atoms with E-state index in [2.05, 4.69) is 15.1 Å². The van der Waals surface area contributed by atoms with Crippen molar-refractivity contribution in [1.82, 2.24) is 29.4 Å². The van der Waals surface area contributed by atoms with Gasteiger partial charge in [0.25, 0.3) is 11.7 Å². The molecule has 1 aliphatic rings. The first kappa shape index (κ1) is 20.9. The fourth-order valence-electron chi connectivity index (χ4n) is 4.08. The third-order valence-electron chi connectivity index (χ3n) is 5.82. The first-order valence-corrected chi connectivity index (χ1v) is 10.4. The monoisotopic (exact) mass is 424 g/mol. The van der Waals surface area contributed by atoms with Gasteiger partial charge in [0.15, 0.2) is 0 Å². The molecular formula is C22H25FN6O2. The Hall–Kier alpha value is -3.36. The number of fused-ring (bicyclic) bond motifs is 1. The number of rotatable bonds is 4. The van der Waals surface area contributed by atoms with Crippen LogP contribution in [0.2, 0.25) is 0 Å². The number of amides is 2. The molecule has 31 heavy (non-hydrogen) atoms. The zero-order valence-electron chi connectivity index (χ0n) is 17.7.